The first-order chi connectivity index (χ1) is 11.4. The second kappa shape index (κ2) is 6.57. The van der Waals surface area contributed by atoms with Gasteiger partial charge in [-0.05, 0) is 30.5 Å². The lowest BCUT2D eigenvalue weighted by atomic mass is 10.1. The molecule has 0 saturated carbocycles. The molecule has 0 spiro atoms. The highest BCUT2D eigenvalue weighted by atomic mass is 35.5. The lowest BCUT2D eigenvalue weighted by Gasteiger charge is -2.14. The highest BCUT2D eigenvalue weighted by Crippen LogP contribution is 2.25. The van der Waals surface area contributed by atoms with Gasteiger partial charge in [-0.2, -0.15) is 5.10 Å². The first kappa shape index (κ1) is 17.0. The van der Waals surface area contributed by atoms with Crippen molar-refractivity contribution in [2.24, 2.45) is 0 Å². The average Bonchev–Trinajstić information content (AvgIpc) is 2.92. The van der Waals surface area contributed by atoms with Crippen LogP contribution in [0.2, 0.25) is 5.02 Å². The number of nitrogens with one attached hydrogen (secondary N) is 1. The molecule has 24 heavy (non-hydrogen) atoms. The summed E-state index contributed by atoms with van der Waals surface area (Å²) in [6.45, 7) is 2.08. The van der Waals surface area contributed by atoms with Crippen LogP contribution < -0.4 is 10.9 Å². The number of nitrogens with zero attached hydrogens (tertiary/aromatic N) is 2. The Morgan fingerprint density at radius 3 is 2.62 bits per heavy atom. The molecule has 6 nitrogen and oxygen atoms in total. The van der Waals surface area contributed by atoms with E-state index < -0.39 is 21.4 Å². The Hall–Kier alpha value is -1.86. The predicted molar refractivity (Wildman–Crippen MR) is 94.9 cm³/mol. The summed E-state index contributed by atoms with van der Waals surface area (Å²) < 4.78 is 24.3. The van der Waals surface area contributed by atoms with Gasteiger partial charge in [0.25, 0.3) is 5.56 Å². The van der Waals surface area contributed by atoms with E-state index >= 15 is 0 Å². The van der Waals surface area contributed by atoms with Crippen LogP contribution in [0.3, 0.4) is 0 Å². The zero-order valence-electron chi connectivity index (χ0n) is 13.2. The summed E-state index contributed by atoms with van der Waals surface area (Å²) in [6.07, 6.45) is 2.79. The van der Waals surface area contributed by atoms with Crippen molar-refractivity contribution < 1.29 is 8.42 Å². The van der Waals surface area contributed by atoms with Crippen LogP contribution in [0.15, 0.2) is 35.3 Å². The van der Waals surface area contributed by atoms with Crippen LogP contribution in [0.1, 0.15) is 24.9 Å². The molecule has 0 radical (unpaired) electrons. The third-order valence-corrected chi connectivity index (χ3v) is 6.25. The van der Waals surface area contributed by atoms with Crippen molar-refractivity contribution in [1.82, 2.24) is 9.78 Å². The van der Waals surface area contributed by atoms with Gasteiger partial charge in [0.1, 0.15) is 5.02 Å². The third kappa shape index (κ3) is 3.47. The smallest absolute Gasteiger partial charge is 0.287 e. The third-order valence-electron chi connectivity index (χ3n) is 4.14. The number of hydrogen-bond donors (Lipinski definition) is 1. The van der Waals surface area contributed by atoms with Crippen molar-refractivity contribution in [3.05, 3.63) is 51.4 Å². The van der Waals surface area contributed by atoms with E-state index in [2.05, 4.69) is 17.3 Å². The number of aromatic nitrogens is 2. The van der Waals surface area contributed by atoms with Crippen molar-refractivity contribution in [3.8, 4) is 0 Å². The van der Waals surface area contributed by atoms with Crippen molar-refractivity contribution in [2.75, 3.05) is 16.8 Å². The zero-order valence-corrected chi connectivity index (χ0v) is 14.8. The lowest BCUT2D eigenvalue weighted by Crippen LogP contribution is -2.28. The molecule has 1 atom stereocenters. The molecule has 0 amide bonds. The van der Waals surface area contributed by atoms with Crippen LogP contribution in [0.4, 0.5) is 11.4 Å². The molecule has 1 aliphatic rings. The molecule has 128 valence electrons. The Morgan fingerprint density at radius 2 is 2.04 bits per heavy atom. The Bertz CT molecular complexity index is 907. The second-order valence-electron chi connectivity index (χ2n) is 5.85. The van der Waals surface area contributed by atoms with Crippen LogP contribution in [0.5, 0.6) is 0 Å². The summed E-state index contributed by atoms with van der Waals surface area (Å²) in [7, 11) is -3.10. The number of sulfone groups is 1. The van der Waals surface area contributed by atoms with E-state index in [-0.39, 0.29) is 16.5 Å². The van der Waals surface area contributed by atoms with Gasteiger partial charge in [-0.25, -0.2) is 13.1 Å². The topological polar surface area (TPSA) is 81.1 Å². The molecule has 3 rings (SSSR count). The summed E-state index contributed by atoms with van der Waals surface area (Å²) in [5.74, 6) is 0.00861. The minimum atomic E-state index is -3.10. The van der Waals surface area contributed by atoms with Gasteiger partial charge in [0, 0.05) is 5.69 Å². The summed E-state index contributed by atoms with van der Waals surface area (Å²) in [5, 5.41) is 7.19. The zero-order chi connectivity index (χ0) is 17.3. The number of anilines is 2. The summed E-state index contributed by atoms with van der Waals surface area (Å²) in [4.78, 5) is 12.4. The molecule has 0 unspecified atom stereocenters. The van der Waals surface area contributed by atoms with Crippen molar-refractivity contribution >= 4 is 32.8 Å². The number of rotatable bonds is 4. The summed E-state index contributed by atoms with van der Waals surface area (Å²) >= 11 is 6.17. The number of halogens is 1. The van der Waals surface area contributed by atoms with Crippen LogP contribution in [0, 0.1) is 0 Å². The minimum Gasteiger partial charge on any atom is -0.353 e. The Morgan fingerprint density at radius 1 is 1.33 bits per heavy atom. The molecular weight excluding hydrogens is 350 g/mol. The van der Waals surface area contributed by atoms with Crippen molar-refractivity contribution in [1.29, 1.82) is 0 Å². The van der Waals surface area contributed by atoms with Crippen molar-refractivity contribution in [3.63, 3.8) is 0 Å². The van der Waals surface area contributed by atoms with E-state index in [1.807, 2.05) is 24.3 Å². The van der Waals surface area contributed by atoms with E-state index in [9.17, 15) is 13.2 Å². The predicted octanol–water partition coefficient (Wildman–Crippen LogP) is 2.56. The maximum absolute atomic E-state index is 12.4. The van der Waals surface area contributed by atoms with E-state index in [0.717, 1.165) is 12.1 Å². The molecule has 1 fully saturated rings. The maximum atomic E-state index is 12.4. The fourth-order valence-corrected chi connectivity index (χ4v) is 4.61. The molecule has 0 aliphatic carbocycles. The first-order valence-corrected chi connectivity index (χ1v) is 9.93. The lowest BCUT2D eigenvalue weighted by molar-refractivity contribution is 0.474. The molecule has 1 N–H and O–H groups in total. The Balaban J connectivity index is 1.86. The van der Waals surface area contributed by atoms with Crippen LogP contribution in [-0.4, -0.2) is 29.7 Å². The van der Waals surface area contributed by atoms with E-state index in [1.165, 1.54) is 16.4 Å². The van der Waals surface area contributed by atoms with Gasteiger partial charge in [0.05, 0.1) is 29.4 Å². The standard InChI is InChI=1S/C16H18ClN3O3S/c1-2-11-3-5-12(6-4-11)19-14-9-18-20(16(21)15(14)17)13-7-8-24(22,23)10-13/h3-6,9,13,19H,2,7-8,10H2,1H3/t13-/m1/s1. The molecule has 1 aromatic heterocycles. The van der Waals surface area contributed by atoms with E-state index in [4.69, 9.17) is 11.6 Å². The van der Waals surface area contributed by atoms with Gasteiger partial charge in [0.15, 0.2) is 9.84 Å². The number of hydrogen-bond acceptors (Lipinski definition) is 5. The fourth-order valence-electron chi connectivity index (χ4n) is 2.74. The molecule has 8 heteroatoms. The molecule has 0 bridgehead atoms. The highest BCUT2D eigenvalue weighted by molar-refractivity contribution is 7.91. The maximum Gasteiger partial charge on any atom is 0.287 e. The van der Waals surface area contributed by atoms with Crippen LogP contribution in [-0.2, 0) is 16.3 Å². The molecule has 1 aliphatic heterocycles. The second-order valence-corrected chi connectivity index (χ2v) is 8.46. The largest absolute Gasteiger partial charge is 0.353 e. The fraction of sp³-hybridized carbons (Fsp3) is 0.375. The normalized spacial score (nSPS) is 19.3. The average molecular weight is 368 g/mol. The number of benzene rings is 1. The number of aryl methyl sites for hydroxylation is 1. The van der Waals surface area contributed by atoms with Gasteiger partial charge in [0.2, 0.25) is 0 Å². The SMILES string of the molecule is CCc1ccc(Nc2cnn([C@@H]3CCS(=O)(=O)C3)c(=O)c2Cl)cc1. The molecule has 2 heterocycles. The highest BCUT2D eigenvalue weighted by Gasteiger charge is 2.31. The van der Waals surface area contributed by atoms with Gasteiger partial charge >= 0.3 is 0 Å². The van der Waals surface area contributed by atoms with Gasteiger partial charge in [-0.3, -0.25) is 4.79 Å². The van der Waals surface area contributed by atoms with Crippen LogP contribution >= 0.6 is 11.6 Å². The molecule has 1 saturated heterocycles. The summed E-state index contributed by atoms with van der Waals surface area (Å²) in [6, 6.07) is 7.36. The van der Waals surface area contributed by atoms with E-state index in [1.54, 1.807) is 0 Å². The quantitative estimate of drug-likeness (QED) is 0.898. The molecular formula is C16H18ClN3O3S. The Kier molecular flexibility index (Phi) is 4.64. The van der Waals surface area contributed by atoms with Crippen molar-refractivity contribution in [2.45, 2.75) is 25.8 Å². The van der Waals surface area contributed by atoms with E-state index in [0.29, 0.717) is 12.1 Å². The monoisotopic (exact) mass is 367 g/mol. The van der Waals surface area contributed by atoms with Gasteiger partial charge in [-0.15, -0.1) is 0 Å². The van der Waals surface area contributed by atoms with Gasteiger partial charge < -0.3 is 5.32 Å². The minimum absolute atomic E-state index is 0.00821. The van der Waals surface area contributed by atoms with Crippen LogP contribution in [0.25, 0.3) is 0 Å². The Labute approximate surface area is 145 Å². The summed E-state index contributed by atoms with van der Waals surface area (Å²) in [5.41, 5.74) is 1.94. The molecule has 1 aromatic carbocycles. The first-order valence-electron chi connectivity index (χ1n) is 7.73. The molecule has 2 aromatic rings. The van der Waals surface area contributed by atoms with Gasteiger partial charge in [-0.1, -0.05) is 30.7 Å².